The molecule has 8 nitrogen and oxygen atoms in total. The fourth-order valence-electron chi connectivity index (χ4n) is 1.97. The highest BCUT2D eigenvalue weighted by Crippen LogP contribution is 2.28. The van der Waals surface area contributed by atoms with Gasteiger partial charge in [-0.25, -0.2) is 4.79 Å². The number of carbonyl (C=O) groups excluding carboxylic acids is 1. The molecule has 0 radical (unpaired) electrons. The van der Waals surface area contributed by atoms with Gasteiger partial charge in [0.05, 0.1) is 15.4 Å². The molecule has 1 aromatic heterocycles. The van der Waals surface area contributed by atoms with Crippen LogP contribution in [0.4, 0.5) is 5.69 Å². The molecule has 128 valence electrons. The summed E-state index contributed by atoms with van der Waals surface area (Å²) in [7, 11) is 0. The molecule has 0 unspecified atom stereocenters. The smallest absolute Gasteiger partial charge is 0.338 e. The van der Waals surface area contributed by atoms with Crippen molar-refractivity contribution in [2.24, 2.45) is 5.92 Å². The van der Waals surface area contributed by atoms with Crippen LogP contribution in [-0.2, 0) is 17.8 Å². The van der Waals surface area contributed by atoms with Gasteiger partial charge in [-0.05, 0) is 24.3 Å². The number of esters is 1. The SMILES string of the molecule is CSc1ccc(C(=O)OCc2nc(CC(C)C)no2)cc1[N+](=O)[O-]. The third-order valence-electron chi connectivity index (χ3n) is 3.04. The molecule has 0 saturated carbocycles. The quantitative estimate of drug-likeness (QED) is 0.324. The molecule has 0 aliphatic rings. The summed E-state index contributed by atoms with van der Waals surface area (Å²) < 4.78 is 10.1. The predicted octanol–water partition coefficient (Wildman–Crippen LogP) is 3.26. The van der Waals surface area contributed by atoms with Crippen molar-refractivity contribution in [3.05, 3.63) is 45.6 Å². The van der Waals surface area contributed by atoms with E-state index in [4.69, 9.17) is 9.26 Å². The summed E-state index contributed by atoms with van der Waals surface area (Å²) in [6.07, 6.45) is 2.39. The average Bonchev–Trinajstić information content (AvgIpc) is 2.98. The molecule has 0 saturated heterocycles. The lowest BCUT2D eigenvalue weighted by atomic mass is 10.1. The molecule has 0 aliphatic carbocycles. The van der Waals surface area contributed by atoms with Crippen molar-refractivity contribution < 1.29 is 19.0 Å². The predicted molar refractivity (Wildman–Crippen MR) is 86.8 cm³/mol. The Balaban J connectivity index is 2.03. The molecule has 24 heavy (non-hydrogen) atoms. The number of hydrogen-bond donors (Lipinski definition) is 0. The Kier molecular flexibility index (Phi) is 5.91. The van der Waals surface area contributed by atoms with Crippen LogP contribution in [0.5, 0.6) is 0 Å². The fourth-order valence-corrected chi connectivity index (χ4v) is 2.51. The molecule has 0 aliphatic heterocycles. The summed E-state index contributed by atoms with van der Waals surface area (Å²) in [6.45, 7) is 3.88. The van der Waals surface area contributed by atoms with Crippen LogP contribution >= 0.6 is 11.8 Å². The first kappa shape index (κ1) is 17.9. The molecular weight excluding hydrogens is 334 g/mol. The minimum Gasteiger partial charge on any atom is -0.452 e. The second-order valence-corrected chi connectivity index (χ2v) is 6.27. The van der Waals surface area contributed by atoms with E-state index in [1.165, 1.54) is 30.0 Å². The zero-order valence-corrected chi connectivity index (χ0v) is 14.3. The number of thioether (sulfide) groups is 1. The summed E-state index contributed by atoms with van der Waals surface area (Å²) >= 11 is 1.23. The van der Waals surface area contributed by atoms with Crippen LogP contribution in [-0.4, -0.2) is 27.3 Å². The topological polar surface area (TPSA) is 108 Å². The van der Waals surface area contributed by atoms with E-state index in [2.05, 4.69) is 10.1 Å². The van der Waals surface area contributed by atoms with E-state index in [9.17, 15) is 14.9 Å². The van der Waals surface area contributed by atoms with Gasteiger partial charge in [-0.15, -0.1) is 11.8 Å². The van der Waals surface area contributed by atoms with E-state index in [0.29, 0.717) is 23.1 Å². The average molecular weight is 351 g/mol. The van der Waals surface area contributed by atoms with E-state index in [1.807, 2.05) is 13.8 Å². The Hall–Kier alpha value is -2.42. The third-order valence-corrected chi connectivity index (χ3v) is 3.82. The van der Waals surface area contributed by atoms with Crippen LogP contribution in [0.25, 0.3) is 0 Å². The van der Waals surface area contributed by atoms with Crippen LogP contribution in [0, 0.1) is 16.0 Å². The van der Waals surface area contributed by atoms with Gasteiger partial charge in [-0.2, -0.15) is 4.98 Å². The number of hydrogen-bond acceptors (Lipinski definition) is 8. The van der Waals surface area contributed by atoms with Gasteiger partial charge in [0.1, 0.15) is 0 Å². The van der Waals surface area contributed by atoms with E-state index in [-0.39, 0.29) is 23.7 Å². The van der Waals surface area contributed by atoms with Crippen LogP contribution < -0.4 is 0 Å². The number of benzene rings is 1. The van der Waals surface area contributed by atoms with Crippen molar-refractivity contribution in [1.82, 2.24) is 10.1 Å². The number of nitro groups is 1. The second kappa shape index (κ2) is 7.91. The molecule has 0 N–H and O–H groups in total. The molecule has 1 heterocycles. The first-order valence-corrected chi connectivity index (χ1v) is 8.44. The molecule has 2 rings (SSSR count). The van der Waals surface area contributed by atoms with Gasteiger partial charge in [0.25, 0.3) is 11.6 Å². The maximum atomic E-state index is 12.0. The van der Waals surface area contributed by atoms with E-state index >= 15 is 0 Å². The Morgan fingerprint density at radius 3 is 2.83 bits per heavy atom. The van der Waals surface area contributed by atoms with Crippen LogP contribution in [0.1, 0.15) is 35.9 Å². The number of nitrogens with zero attached hydrogens (tertiary/aromatic N) is 3. The van der Waals surface area contributed by atoms with Crippen molar-refractivity contribution in [2.45, 2.75) is 31.8 Å². The van der Waals surface area contributed by atoms with Gasteiger partial charge in [0.2, 0.25) is 0 Å². The van der Waals surface area contributed by atoms with Gasteiger partial charge in [-0.1, -0.05) is 19.0 Å². The zero-order chi connectivity index (χ0) is 17.7. The number of nitro benzene ring substituents is 1. The maximum absolute atomic E-state index is 12.0. The van der Waals surface area contributed by atoms with E-state index < -0.39 is 10.9 Å². The Morgan fingerprint density at radius 1 is 1.46 bits per heavy atom. The lowest BCUT2D eigenvalue weighted by Gasteiger charge is -2.04. The standard InChI is InChI=1S/C15H17N3O5S/c1-9(2)6-13-16-14(23-17-13)8-22-15(19)10-4-5-12(24-3)11(7-10)18(20)21/h4-5,7,9H,6,8H2,1-3H3. The van der Waals surface area contributed by atoms with E-state index in [1.54, 1.807) is 6.26 Å². The normalized spacial score (nSPS) is 10.8. The zero-order valence-electron chi connectivity index (χ0n) is 13.5. The molecule has 0 spiro atoms. The largest absolute Gasteiger partial charge is 0.452 e. The summed E-state index contributed by atoms with van der Waals surface area (Å²) in [4.78, 5) is 27.1. The Morgan fingerprint density at radius 2 is 2.21 bits per heavy atom. The van der Waals surface area contributed by atoms with Gasteiger partial charge in [0.15, 0.2) is 12.4 Å². The minimum atomic E-state index is -0.686. The van der Waals surface area contributed by atoms with Crippen molar-refractivity contribution in [1.29, 1.82) is 0 Å². The van der Waals surface area contributed by atoms with Crippen molar-refractivity contribution >= 4 is 23.4 Å². The molecule has 9 heteroatoms. The van der Waals surface area contributed by atoms with Crippen LogP contribution in [0.3, 0.4) is 0 Å². The first-order valence-electron chi connectivity index (χ1n) is 7.21. The van der Waals surface area contributed by atoms with Crippen molar-refractivity contribution in [3.8, 4) is 0 Å². The van der Waals surface area contributed by atoms with Gasteiger partial charge in [-0.3, -0.25) is 10.1 Å². The molecule has 0 amide bonds. The van der Waals surface area contributed by atoms with Gasteiger partial charge < -0.3 is 9.26 Å². The highest BCUT2D eigenvalue weighted by Gasteiger charge is 2.18. The van der Waals surface area contributed by atoms with E-state index in [0.717, 1.165) is 0 Å². The second-order valence-electron chi connectivity index (χ2n) is 5.42. The highest BCUT2D eigenvalue weighted by atomic mass is 32.2. The maximum Gasteiger partial charge on any atom is 0.338 e. The number of ether oxygens (including phenoxy) is 1. The fraction of sp³-hybridized carbons (Fsp3) is 0.400. The number of rotatable bonds is 7. The molecule has 0 fully saturated rings. The number of aromatic nitrogens is 2. The first-order chi connectivity index (χ1) is 11.4. The van der Waals surface area contributed by atoms with Gasteiger partial charge >= 0.3 is 5.97 Å². The van der Waals surface area contributed by atoms with Crippen molar-refractivity contribution in [3.63, 3.8) is 0 Å². The molecule has 0 atom stereocenters. The van der Waals surface area contributed by atoms with Crippen molar-refractivity contribution in [2.75, 3.05) is 6.26 Å². The molecule has 2 aromatic rings. The van der Waals surface area contributed by atoms with Gasteiger partial charge in [0, 0.05) is 12.5 Å². The number of carbonyl (C=O) groups is 1. The van der Waals surface area contributed by atoms with Crippen LogP contribution in [0.2, 0.25) is 0 Å². The highest BCUT2D eigenvalue weighted by molar-refractivity contribution is 7.98. The summed E-state index contributed by atoms with van der Waals surface area (Å²) in [5.74, 6) is 0.438. The third kappa shape index (κ3) is 4.54. The minimum absolute atomic E-state index is 0.0985. The Labute approximate surface area is 142 Å². The summed E-state index contributed by atoms with van der Waals surface area (Å²) in [6, 6.07) is 4.21. The molecule has 1 aromatic carbocycles. The molecular formula is C15H17N3O5S. The summed E-state index contributed by atoms with van der Waals surface area (Å²) in [5, 5.41) is 14.8. The molecule has 0 bridgehead atoms. The lowest BCUT2D eigenvalue weighted by Crippen LogP contribution is -2.06. The van der Waals surface area contributed by atoms with Crippen LogP contribution in [0.15, 0.2) is 27.6 Å². The summed E-state index contributed by atoms with van der Waals surface area (Å²) in [5.41, 5.74) is -0.0321. The monoisotopic (exact) mass is 351 g/mol. The Bertz CT molecular complexity index is 744. The lowest BCUT2D eigenvalue weighted by molar-refractivity contribution is -0.387.